The van der Waals surface area contributed by atoms with Gasteiger partial charge in [0, 0.05) is 4.47 Å². The molecule has 0 saturated heterocycles. The lowest BCUT2D eigenvalue weighted by atomic mass is 10.2. The Hall–Kier alpha value is -1.24. The second kappa shape index (κ2) is 5.63. The second-order valence-electron chi connectivity index (χ2n) is 4.20. The highest BCUT2D eigenvalue weighted by Gasteiger charge is 2.17. The van der Waals surface area contributed by atoms with Crippen LogP contribution >= 0.6 is 27.5 Å². The third-order valence-electron chi connectivity index (χ3n) is 2.60. The van der Waals surface area contributed by atoms with Gasteiger partial charge in [-0.1, -0.05) is 17.7 Å². The number of halogens is 2. The van der Waals surface area contributed by atoms with E-state index in [1.807, 2.05) is 0 Å². The maximum atomic E-state index is 12.2. The summed E-state index contributed by atoms with van der Waals surface area (Å²) in [5.41, 5.74) is 0.960. The molecule has 0 heterocycles. The Morgan fingerprint density at radius 1 is 1.20 bits per heavy atom. The standard InChI is InChI=1S/C13H11BrClNO3S/c1-8-2-5-12(13(17)6-8)16-20(18,19)9-3-4-11(15)10(14)7-9/h2-7,16-17H,1H3. The van der Waals surface area contributed by atoms with Gasteiger partial charge >= 0.3 is 0 Å². The van der Waals surface area contributed by atoms with Gasteiger partial charge in [0.15, 0.2) is 0 Å². The number of aromatic hydroxyl groups is 1. The van der Waals surface area contributed by atoms with Crippen molar-refractivity contribution >= 4 is 43.2 Å². The van der Waals surface area contributed by atoms with Gasteiger partial charge in [0.05, 0.1) is 15.6 Å². The van der Waals surface area contributed by atoms with Gasteiger partial charge in [0.25, 0.3) is 10.0 Å². The molecule has 0 spiro atoms. The first-order valence-corrected chi connectivity index (χ1v) is 8.22. The first-order valence-electron chi connectivity index (χ1n) is 5.57. The summed E-state index contributed by atoms with van der Waals surface area (Å²) in [7, 11) is -3.79. The van der Waals surface area contributed by atoms with E-state index in [2.05, 4.69) is 20.7 Å². The molecule has 2 aromatic carbocycles. The lowest BCUT2D eigenvalue weighted by Gasteiger charge is -2.10. The molecule has 0 aromatic heterocycles. The zero-order chi connectivity index (χ0) is 14.9. The van der Waals surface area contributed by atoms with E-state index in [0.717, 1.165) is 5.56 Å². The number of sulfonamides is 1. The van der Waals surface area contributed by atoms with Crippen molar-refractivity contribution in [3.05, 3.63) is 51.5 Å². The fourth-order valence-electron chi connectivity index (χ4n) is 1.58. The molecule has 0 aliphatic heterocycles. The van der Waals surface area contributed by atoms with Gasteiger partial charge in [0.2, 0.25) is 0 Å². The van der Waals surface area contributed by atoms with Crippen molar-refractivity contribution in [1.29, 1.82) is 0 Å². The highest BCUT2D eigenvalue weighted by atomic mass is 79.9. The number of phenolic OH excluding ortho intramolecular Hbond substituents is 1. The zero-order valence-electron chi connectivity index (χ0n) is 10.4. The Kier molecular flexibility index (Phi) is 4.27. The lowest BCUT2D eigenvalue weighted by Crippen LogP contribution is -2.13. The van der Waals surface area contributed by atoms with E-state index in [1.54, 1.807) is 13.0 Å². The lowest BCUT2D eigenvalue weighted by molar-refractivity contribution is 0.477. The van der Waals surface area contributed by atoms with E-state index in [4.69, 9.17) is 11.6 Å². The van der Waals surface area contributed by atoms with E-state index in [9.17, 15) is 13.5 Å². The first-order chi connectivity index (χ1) is 9.29. The molecule has 0 atom stereocenters. The average molecular weight is 377 g/mol. The minimum absolute atomic E-state index is 0.0498. The van der Waals surface area contributed by atoms with E-state index in [1.165, 1.54) is 30.3 Å². The SMILES string of the molecule is Cc1ccc(NS(=O)(=O)c2ccc(Cl)c(Br)c2)c(O)c1. The van der Waals surface area contributed by atoms with Gasteiger partial charge < -0.3 is 5.11 Å². The number of hydrogen-bond donors (Lipinski definition) is 2. The smallest absolute Gasteiger partial charge is 0.262 e. The van der Waals surface area contributed by atoms with Crippen LogP contribution in [0, 0.1) is 6.92 Å². The summed E-state index contributed by atoms with van der Waals surface area (Å²) in [6.45, 7) is 1.80. The van der Waals surface area contributed by atoms with Crippen LogP contribution in [-0.2, 0) is 10.0 Å². The summed E-state index contributed by atoms with van der Waals surface area (Å²) in [5.74, 6) is -0.124. The third kappa shape index (κ3) is 3.26. The van der Waals surface area contributed by atoms with Crippen molar-refractivity contribution in [2.75, 3.05) is 4.72 Å². The van der Waals surface area contributed by atoms with Crippen LogP contribution in [0.4, 0.5) is 5.69 Å². The number of nitrogens with one attached hydrogen (secondary N) is 1. The second-order valence-corrected chi connectivity index (χ2v) is 7.15. The van der Waals surface area contributed by atoms with Crippen molar-refractivity contribution < 1.29 is 13.5 Å². The van der Waals surface area contributed by atoms with Crippen LogP contribution in [0.3, 0.4) is 0 Å². The average Bonchev–Trinajstić information content (AvgIpc) is 2.36. The van der Waals surface area contributed by atoms with Gasteiger partial charge in [0.1, 0.15) is 5.75 Å². The van der Waals surface area contributed by atoms with Crippen molar-refractivity contribution in [2.45, 2.75) is 11.8 Å². The molecule has 0 radical (unpaired) electrons. The molecule has 0 bridgehead atoms. The molecule has 4 nitrogen and oxygen atoms in total. The molecule has 0 aliphatic rings. The Balaban J connectivity index is 2.38. The Morgan fingerprint density at radius 2 is 1.90 bits per heavy atom. The molecule has 0 fully saturated rings. The van der Waals surface area contributed by atoms with E-state index >= 15 is 0 Å². The molecular formula is C13H11BrClNO3S. The van der Waals surface area contributed by atoms with Crippen molar-refractivity contribution in [3.8, 4) is 5.75 Å². The van der Waals surface area contributed by atoms with Crippen LogP contribution < -0.4 is 4.72 Å². The van der Waals surface area contributed by atoms with Gasteiger partial charge in [-0.05, 0) is 58.7 Å². The normalized spacial score (nSPS) is 11.3. The molecule has 2 aromatic rings. The van der Waals surface area contributed by atoms with Crippen LogP contribution in [0.15, 0.2) is 45.8 Å². The third-order valence-corrected chi connectivity index (χ3v) is 5.18. The molecule has 2 rings (SSSR count). The molecule has 0 aliphatic carbocycles. The molecule has 0 amide bonds. The minimum atomic E-state index is -3.79. The number of hydrogen-bond acceptors (Lipinski definition) is 3. The summed E-state index contributed by atoms with van der Waals surface area (Å²) in [6.07, 6.45) is 0. The van der Waals surface area contributed by atoms with Crippen LogP contribution in [0.1, 0.15) is 5.56 Å². The summed E-state index contributed by atoms with van der Waals surface area (Å²) in [5, 5.41) is 10.2. The van der Waals surface area contributed by atoms with Crippen LogP contribution in [0.2, 0.25) is 5.02 Å². The molecule has 0 unspecified atom stereocenters. The number of benzene rings is 2. The molecule has 2 N–H and O–H groups in total. The fourth-order valence-corrected chi connectivity index (χ4v) is 3.32. The van der Waals surface area contributed by atoms with Crippen LogP contribution in [0.25, 0.3) is 0 Å². The van der Waals surface area contributed by atoms with E-state index < -0.39 is 10.0 Å². The topological polar surface area (TPSA) is 66.4 Å². The Bertz CT molecular complexity index is 762. The molecule has 20 heavy (non-hydrogen) atoms. The largest absolute Gasteiger partial charge is 0.506 e. The van der Waals surface area contributed by atoms with E-state index in [-0.39, 0.29) is 16.3 Å². The van der Waals surface area contributed by atoms with Crippen LogP contribution in [0.5, 0.6) is 5.75 Å². The molecule has 106 valence electrons. The highest BCUT2D eigenvalue weighted by Crippen LogP contribution is 2.29. The van der Waals surface area contributed by atoms with Crippen molar-refractivity contribution in [3.63, 3.8) is 0 Å². The Labute approximate surface area is 130 Å². The quantitative estimate of drug-likeness (QED) is 0.798. The summed E-state index contributed by atoms with van der Waals surface area (Å²) < 4.78 is 27.2. The summed E-state index contributed by atoms with van der Waals surface area (Å²) in [6, 6.07) is 8.96. The predicted molar refractivity (Wildman–Crippen MR) is 82.8 cm³/mol. The number of anilines is 1. The molecule has 0 saturated carbocycles. The maximum absolute atomic E-state index is 12.2. The summed E-state index contributed by atoms with van der Waals surface area (Å²) >= 11 is 9.01. The van der Waals surface area contributed by atoms with Gasteiger partial charge in [-0.25, -0.2) is 8.42 Å². The summed E-state index contributed by atoms with van der Waals surface area (Å²) in [4.78, 5) is 0.0498. The fraction of sp³-hybridized carbons (Fsp3) is 0.0769. The maximum Gasteiger partial charge on any atom is 0.262 e. The minimum Gasteiger partial charge on any atom is -0.506 e. The number of aryl methyl sites for hydroxylation is 1. The van der Waals surface area contributed by atoms with Crippen LogP contribution in [-0.4, -0.2) is 13.5 Å². The predicted octanol–water partition coefficient (Wildman–Crippen LogP) is 3.92. The zero-order valence-corrected chi connectivity index (χ0v) is 13.6. The van der Waals surface area contributed by atoms with Crippen molar-refractivity contribution in [2.24, 2.45) is 0 Å². The van der Waals surface area contributed by atoms with E-state index in [0.29, 0.717) is 9.50 Å². The highest BCUT2D eigenvalue weighted by molar-refractivity contribution is 9.10. The molecule has 7 heteroatoms. The van der Waals surface area contributed by atoms with Crippen molar-refractivity contribution in [1.82, 2.24) is 0 Å². The number of rotatable bonds is 3. The molecular weight excluding hydrogens is 366 g/mol. The number of phenols is 1. The van der Waals surface area contributed by atoms with Gasteiger partial charge in [-0.15, -0.1) is 0 Å². The first kappa shape index (κ1) is 15.2. The monoisotopic (exact) mass is 375 g/mol. The van der Waals surface area contributed by atoms with Gasteiger partial charge in [-0.2, -0.15) is 0 Å². The van der Waals surface area contributed by atoms with Gasteiger partial charge in [-0.3, -0.25) is 4.72 Å². The Morgan fingerprint density at radius 3 is 2.50 bits per heavy atom.